The number of ether oxygens (including phenoxy) is 1. The van der Waals surface area contributed by atoms with Gasteiger partial charge in [-0.25, -0.2) is 4.39 Å². The summed E-state index contributed by atoms with van der Waals surface area (Å²) in [5, 5.41) is 10.4. The van der Waals surface area contributed by atoms with E-state index in [9.17, 15) is 4.39 Å². The number of fused-ring (bicyclic) bond motifs is 1. The molecule has 0 N–H and O–H groups in total. The van der Waals surface area contributed by atoms with Crippen LogP contribution in [0.1, 0.15) is 5.56 Å². The zero-order valence-corrected chi connectivity index (χ0v) is 13.4. The minimum absolute atomic E-state index is 0.107. The monoisotopic (exact) mass is 330 g/mol. The van der Waals surface area contributed by atoms with E-state index in [4.69, 9.17) is 4.74 Å². The molecular formula is C21H15FN2O. The zero-order valence-electron chi connectivity index (χ0n) is 13.4. The Bertz CT molecular complexity index is 1020. The molecule has 4 aromatic rings. The van der Waals surface area contributed by atoms with Gasteiger partial charge in [-0.1, -0.05) is 66.7 Å². The molecule has 4 rings (SSSR count). The van der Waals surface area contributed by atoms with Crippen LogP contribution in [0.25, 0.3) is 22.0 Å². The molecule has 0 saturated carbocycles. The van der Waals surface area contributed by atoms with Gasteiger partial charge in [-0.2, -0.15) is 0 Å². The summed E-state index contributed by atoms with van der Waals surface area (Å²) in [7, 11) is 0. The lowest BCUT2D eigenvalue weighted by Gasteiger charge is -2.11. The number of hydrogen-bond acceptors (Lipinski definition) is 3. The Balaban J connectivity index is 1.73. The first-order valence-corrected chi connectivity index (χ1v) is 8.00. The van der Waals surface area contributed by atoms with Gasteiger partial charge in [0.15, 0.2) is 0 Å². The molecule has 0 fully saturated rings. The van der Waals surface area contributed by atoms with Crippen molar-refractivity contribution < 1.29 is 9.13 Å². The first-order chi connectivity index (χ1) is 12.3. The molecule has 0 saturated heterocycles. The van der Waals surface area contributed by atoms with E-state index < -0.39 is 0 Å². The van der Waals surface area contributed by atoms with Gasteiger partial charge in [0.2, 0.25) is 5.88 Å². The number of rotatable bonds is 4. The van der Waals surface area contributed by atoms with Gasteiger partial charge in [0.05, 0.1) is 0 Å². The highest BCUT2D eigenvalue weighted by Gasteiger charge is 2.12. The number of hydrogen-bond donors (Lipinski definition) is 0. The summed E-state index contributed by atoms with van der Waals surface area (Å²) in [6.45, 7) is 0.107. The van der Waals surface area contributed by atoms with Crippen LogP contribution in [-0.2, 0) is 6.61 Å². The van der Waals surface area contributed by atoms with Crippen LogP contribution in [0.2, 0.25) is 0 Å². The first-order valence-electron chi connectivity index (χ1n) is 8.00. The highest BCUT2D eigenvalue weighted by molar-refractivity contribution is 5.96. The molecule has 3 nitrogen and oxygen atoms in total. The fourth-order valence-corrected chi connectivity index (χ4v) is 2.76. The smallest absolute Gasteiger partial charge is 0.241 e. The van der Waals surface area contributed by atoms with Crippen molar-refractivity contribution in [1.82, 2.24) is 10.2 Å². The molecule has 0 amide bonds. The first kappa shape index (κ1) is 15.3. The van der Waals surface area contributed by atoms with Gasteiger partial charge >= 0.3 is 0 Å². The van der Waals surface area contributed by atoms with E-state index in [0.717, 1.165) is 22.0 Å². The third-order valence-electron chi connectivity index (χ3n) is 4.02. The topological polar surface area (TPSA) is 35.0 Å². The van der Waals surface area contributed by atoms with Crippen molar-refractivity contribution in [3.05, 3.63) is 90.2 Å². The lowest BCUT2D eigenvalue weighted by molar-refractivity contribution is 0.289. The molecule has 122 valence electrons. The van der Waals surface area contributed by atoms with E-state index in [1.54, 1.807) is 18.2 Å². The second-order valence-corrected chi connectivity index (χ2v) is 5.65. The molecule has 3 aromatic carbocycles. The summed E-state index contributed by atoms with van der Waals surface area (Å²) < 4.78 is 19.5. The Morgan fingerprint density at radius 3 is 2.20 bits per heavy atom. The predicted molar refractivity (Wildman–Crippen MR) is 95.7 cm³/mol. The molecule has 1 heterocycles. The largest absolute Gasteiger partial charge is 0.471 e. The van der Waals surface area contributed by atoms with E-state index in [1.165, 1.54) is 6.07 Å². The number of nitrogens with zero attached hydrogens (tertiary/aromatic N) is 2. The molecule has 0 unspecified atom stereocenters. The van der Waals surface area contributed by atoms with Crippen molar-refractivity contribution in [2.75, 3.05) is 0 Å². The van der Waals surface area contributed by atoms with Gasteiger partial charge in [-0.3, -0.25) is 0 Å². The Morgan fingerprint density at radius 2 is 1.40 bits per heavy atom. The number of halogens is 1. The van der Waals surface area contributed by atoms with Crippen LogP contribution in [0.3, 0.4) is 0 Å². The fourth-order valence-electron chi connectivity index (χ4n) is 2.76. The van der Waals surface area contributed by atoms with E-state index in [2.05, 4.69) is 10.2 Å². The van der Waals surface area contributed by atoms with Gasteiger partial charge in [-0.15, -0.1) is 10.2 Å². The molecule has 0 bridgehead atoms. The zero-order chi connectivity index (χ0) is 17.1. The van der Waals surface area contributed by atoms with Gasteiger partial charge < -0.3 is 4.74 Å². The maximum absolute atomic E-state index is 13.8. The highest BCUT2D eigenvalue weighted by Crippen LogP contribution is 2.30. The van der Waals surface area contributed by atoms with Crippen LogP contribution in [0, 0.1) is 5.82 Å². The van der Waals surface area contributed by atoms with Gasteiger partial charge in [-0.05, 0) is 12.1 Å². The van der Waals surface area contributed by atoms with Crippen LogP contribution in [0.5, 0.6) is 5.88 Å². The molecule has 0 spiro atoms. The summed E-state index contributed by atoms with van der Waals surface area (Å²) in [6, 6.07) is 24.2. The maximum Gasteiger partial charge on any atom is 0.241 e. The summed E-state index contributed by atoms with van der Waals surface area (Å²) in [6.07, 6.45) is 0. The molecule has 0 aliphatic rings. The molecule has 0 aliphatic carbocycles. The third kappa shape index (κ3) is 3.06. The SMILES string of the molecule is Fc1ccccc1COc1nnc(-c2ccccc2)c2ccccc12. The van der Waals surface area contributed by atoms with Gasteiger partial charge in [0, 0.05) is 21.9 Å². The average molecular weight is 330 g/mol. The van der Waals surface area contributed by atoms with Crippen LogP contribution in [0.15, 0.2) is 78.9 Å². The predicted octanol–water partition coefficient (Wildman–Crippen LogP) is 5.01. The standard InChI is InChI=1S/C21H15FN2O/c22-19-13-7-4-10-16(19)14-25-21-18-12-6-5-11-17(18)20(23-24-21)15-8-2-1-3-9-15/h1-13H,14H2. The normalized spacial score (nSPS) is 10.8. The van der Waals surface area contributed by atoms with Crippen LogP contribution in [-0.4, -0.2) is 10.2 Å². The average Bonchev–Trinajstić information content (AvgIpc) is 2.68. The molecule has 25 heavy (non-hydrogen) atoms. The Labute approximate surface area is 144 Å². The summed E-state index contributed by atoms with van der Waals surface area (Å²) >= 11 is 0. The molecule has 0 aliphatic heterocycles. The minimum atomic E-state index is -0.291. The second-order valence-electron chi connectivity index (χ2n) is 5.65. The van der Waals surface area contributed by atoms with Crippen molar-refractivity contribution in [2.45, 2.75) is 6.61 Å². The van der Waals surface area contributed by atoms with Crippen molar-refractivity contribution in [2.24, 2.45) is 0 Å². The molecule has 0 radical (unpaired) electrons. The number of benzene rings is 3. The van der Waals surface area contributed by atoms with Crippen molar-refractivity contribution in [3.8, 4) is 17.1 Å². The summed E-state index contributed by atoms with van der Waals surface area (Å²) in [5.41, 5.74) is 2.28. The minimum Gasteiger partial charge on any atom is -0.471 e. The van der Waals surface area contributed by atoms with E-state index >= 15 is 0 Å². The van der Waals surface area contributed by atoms with E-state index in [0.29, 0.717) is 11.4 Å². The summed E-state index contributed by atoms with van der Waals surface area (Å²) in [4.78, 5) is 0. The van der Waals surface area contributed by atoms with E-state index in [-0.39, 0.29) is 12.4 Å². The maximum atomic E-state index is 13.8. The lowest BCUT2D eigenvalue weighted by Crippen LogP contribution is -2.02. The molecular weight excluding hydrogens is 315 g/mol. The Hall–Kier alpha value is -3.27. The Kier molecular flexibility index (Phi) is 4.09. The van der Waals surface area contributed by atoms with Gasteiger partial charge in [0.25, 0.3) is 0 Å². The fraction of sp³-hybridized carbons (Fsp3) is 0.0476. The quantitative estimate of drug-likeness (QED) is 0.527. The number of aromatic nitrogens is 2. The van der Waals surface area contributed by atoms with E-state index in [1.807, 2.05) is 54.6 Å². The second kappa shape index (κ2) is 6.69. The molecule has 1 aromatic heterocycles. The Morgan fingerprint density at radius 1 is 0.720 bits per heavy atom. The van der Waals surface area contributed by atoms with Gasteiger partial charge in [0.1, 0.15) is 18.1 Å². The molecule has 0 atom stereocenters. The van der Waals surface area contributed by atoms with Crippen molar-refractivity contribution in [1.29, 1.82) is 0 Å². The third-order valence-corrected chi connectivity index (χ3v) is 4.02. The van der Waals surface area contributed by atoms with Crippen LogP contribution < -0.4 is 4.74 Å². The van der Waals surface area contributed by atoms with Crippen LogP contribution >= 0.6 is 0 Å². The highest BCUT2D eigenvalue weighted by atomic mass is 19.1. The van der Waals surface area contributed by atoms with Crippen LogP contribution in [0.4, 0.5) is 4.39 Å². The van der Waals surface area contributed by atoms with Crippen molar-refractivity contribution in [3.63, 3.8) is 0 Å². The molecule has 4 heteroatoms. The van der Waals surface area contributed by atoms with Crippen molar-refractivity contribution >= 4 is 10.8 Å². The lowest BCUT2D eigenvalue weighted by atomic mass is 10.1. The summed E-state index contributed by atoms with van der Waals surface area (Å²) in [5.74, 6) is 0.110.